The second kappa shape index (κ2) is 9.55. The molecule has 2 aromatic carbocycles. The molecule has 0 unspecified atom stereocenters. The van der Waals surface area contributed by atoms with Crippen molar-refractivity contribution in [2.75, 3.05) is 24.3 Å². The Hall–Kier alpha value is -3.24. The van der Waals surface area contributed by atoms with Gasteiger partial charge in [0, 0.05) is 18.5 Å². The van der Waals surface area contributed by atoms with Crippen LogP contribution in [0.1, 0.15) is 28.7 Å². The van der Waals surface area contributed by atoms with Crippen LogP contribution in [0.25, 0.3) is 10.2 Å². The molecule has 178 valence electrons. The van der Waals surface area contributed by atoms with Gasteiger partial charge in [-0.15, -0.1) is 0 Å². The number of hydrogen-bond acceptors (Lipinski definition) is 7. The molecule has 0 saturated heterocycles. The summed E-state index contributed by atoms with van der Waals surface area (Å²) >= 11 is 1.36. The fourth-order valence-electron chi connectivity index (χ4n) is 3.79. The molecule has 8 nitrogen and oxygen atoms in total. The molecule has 0 aliphatic heterocycles. The van der Waals surface area contributed by atoms with E-state index in [-0.39, 0.29) is 17.0 Å². The zero-order valence-corrected chi connectivity index (χ0v) is 21.1. The lowest BCUT2D eigenvalue weighted by Gasteiger charge is -2.21. The Morgan fingerprint density at radius 3 is 2.59 bits per heavy atom. The summed E-state index contributed by atoms with van der Waals surface area (Å²) in [6, 6.07) is 13.9. The highest BCUT2D eigenvalue weighted by molar-refractivity contribution is 7.90. The van der Waals surface area contributed by atoms with Gasteiger partial charge in [0.1, 0.15) is 11.3 Å². The molecule has 0 saturated carbocycles. The van der Waals surface area contributed by atoms with Gasteiger partial charge in [-0.05, 0) is 51.1 Å². The van der Waals surface area contributed by atoms with Gasteiger partial charge in [-0.25, -0.2) is 13.4 Å². The number of hydrogen-bond donors (Lipinski definition) is 0. The van der Waals surface area contributed by atoms with Crippen LogP contribution in [0, 0.1) is 13.8 Å². The first kappa shape index (κ1) is 23.9. The molecule has 2 heterocycles. The number of para-hydroxylation sites is 1. The highest BCUT2D eigenvalue weighted by atomic mass is 32.2. The second-order valence-electron chi connectivity index (χ2n) is 7.91. The number of amides is 1. The minimum atomic E-state index is -3.61. The number of fused-ring (bicyclic) bond motifs is 1. The highest BCUT2D eigenvalue weighted by Crippen LogP contribution is 2.35. The van der Waals surface area contributed by atoms with Crippen LogP contribution in [-0.4, -0.2) is 48.5 Å². The monoisotopic (exact) mass is 498 g/mol. The summed E-state index contributed by atoms with van der Waals surface area (Å²) in [4.78, 5) is 20.0. The van der Waals surface area contributed by atoms with Crippen LogP contribution in [-0.2, 0) is 16.4 Å². The second-order valence-corrected chi connectivity index (χ2v) is 10.9. The fraction of sp³-hybridized carbons (Fsp3) is 0.292. The molecule has 0 spiro atoms. The van der Waals surface area contributed by atoms with Crippen molar-refractivity contribution < 1.29 is 17.9 Å². The standard InChI is InChI=1S/C24H26N4O4S2/c1-5-32-19-10-8-11-20-22(19)25-24(33-20)27(13-14-28-17(3)15-16(2)26-28)23(29)18-9-6-7-12-21(18)34(4,30)31/h6-12,15H,5,13-14H2,1-4H3. The molecule has 0 bridgehead atoms. The van der Waals surface area contributed by atoms with E-state index in [4.69, 9.17) is 9.72 Å². The van der Waals surface area contributed by atoms with Crippen LogP contribution in [0.4, 0.5) is 5.13 Å². The minimum absolute atomic E-state index is 0.00719. The summed E-state index contributed by atoms with van der Waals surface area (Å²) in [7, 11) is -3.61. The third-order valence-corrected chi connectivity index (χ3v) is 7.50. The molecule has 4 aromatic rings. The summed E-state index contributed by atoms with van der Waals surface area (Å²) in [6.07, 6.45) is 1.10. The largest absolute Gasteiger partial charge is 0.492 e. The molecule has 0 atom stereocenters. The maximum absolute atomic E-state index is 13.8. The van der Waals surface area contributed by atoms with Crippen molar-refractivity contribution in [1.29, 1.82) is 0 Å². The maximum Gasteiger partial charge on any atom is 0.261 e. The van der Waals surface area contributed by atoms with E-state index in [2.05, 4.69) is 5.10 Å². The predicted molar refractivity (Wildman–Crippen MR) is 134 cm³/mol. The maximum atomic E-state index is 13.8. The number of aryl methyl sites for hydroxylation is 2. The molecule has 4 rings (SSSR count). The van der Waals surface area contributed by atoms with Gasteiger partial charge in [0.05, 0.1) is 34.0 Å². The number of anilines is 1. The van der Waals surface area contributed by atoms with E-state index in [0.29, 0.717) is 29.5 Å². The van der Waals surface area contributed by atoms with Crippen LogP contribution in [0.5, 0.6) is 5.75 Å². The topological polar surface area (TPSA) is 94.4 Å². The average Bonchev–Trinajstić information content (AvgIpc) is 3.36. The summed E-state index contributed by atoms with van der Waals surface area (Å²) in [5.74, 6) is 0.213. The summed E-state index contributed by atoms with van der Waals surface area (Å²) in [5.41, 5.74) is 2.65. The number of carbonyl (C=O) groups is 1. The van der Waals surface area contributed by atoms with E-state index in [1.165, 1.54) is 28.4 Å². The van der Waals surface area contributed by atoms with Crippen molar-refractivity contribution in [3.8, 4) is 5.75 Å². The lowest BCUT2D eigenvalue weighted by atomic mass is 10.2. The Balaban J connectivity index is 1.79. The molecular formula is C24H26N4O4S2. The number of rotatable bonds is 8. The molecule has 10 heteroatoms. The van der Waals surface area contributed by atoms with Crippen molar-refractivity contribution in [3.63, 3.8) is 0 Å². The number of sulfone groups is 1. The number of nitrogens with zero attached hydrogens (tertiary/aromatic N) is 4. The van der Waals surface area contributed by atoms with Crippen molar-refractivity contribution >= 4 is 42.4 Å². The third-order valence-electron chi connectivity index (χ3n) is 5.30. The smallest absolute Gasteiger partial charge is 0.261 e. The number of carbonyl (C=O) groups excluding carboxylic acids is 1. The number of benzene rings is 2. The Labute approximate surface area is 202 Å². The van der Waals surface area contributed by atoms with Crippen molar-refractivity contribution in [1.82, 2.24) is 14.8 Å². The van der Waals surface area contributed by atoms with Crippen LogP contribution >= 0.6 is 11.3 Å². The average molecular weight is 499 g/mol. The SMILES string of the molecule is CCOc1cccc2sc(N(CCn3nc(C)cc3C)C(=O)c3ccccc3S(C)(=O)=O)nc12. The Kier molecular flexibility index (Phi) is 6.72. The minimum Gasteiger partial charge on any atom is -0.492 e. The van der Waals surface area contributed by atoms with Gasteiger partial charge in [0.15, 0.2) is 15.0 Å². The summed E-state index contributed by atoms with van der Waals surface area (Å²) in [6.45, 7) is 6.96. The summed E-state index contributed by atoms with van der Waals surface area (Å²) < 4.78 is 33.2. The first-order chi connectivity index (χ1) is 16.2. The Morgan fingerprint density at radius 2 is 1.91 bits per heavy atom. The van der Waals surface area contributed by atoms with Crippen LogP contribution in [0.3, 0.4) is 0 Å². The Morgan fingerprint density at radius 1 is 1.15 bits per heavy atom. The van der Waals surface area contributed by atoms with E-state index < -0.39 is 15.7 Å². The summed E-state index contributed by atoms with van der Waals surface area (Å²) in [5, 5.41) is 4.96. The molecule has 1 amide bonds. The van der Waals surface area contributed by atoms with E-state index in [1.54, 1.807) is 12.1 Å². The van der Waals surface area contributed by atoms with Gasteiger partial charge in [0.25, 0.3) is 5.91 Å². The van der Waals surface area contributed by atoms with Gasteiger partial charge < -0.3 is 4.74 Å². The molecule has 0 radical (unpaired) electrons. The van der Waals surface area contributed by atoms with Crippen molar-refractivity contribution in [2.45, 2.75) is 32.2 Å². The molecule has 0 fully saturated rings. The van der Waals surface area contributed by atoms with Gasteiger partial charge in [-0.2, -0.15) is 5.10 Å². The number of aromatic nitrogens is 3. The lowest BCUT2D eigenvalue weighted by Crippen LogP contribution is -2.35. The molecule has 0 N–H and O–H groups in total. The van der Waals surface area contributed by atoms with Crippen molar-refractivity contribution in [3.05, 3.63) is 65.5 Å². The molecule has 0 aliphatic rings. The van der Waals surface area contributed by atoms with Crippen LogP contribution < -0.4 is 9.64 Å². The third kappa shape index (κ3) is 4.83. The van der Waals surface area contributed by atoms with E-state index >= 15 is 0 Å². The number of ether oxygens (including phenoxy) is 1. The van der Waals surface area contributed by atoms with Gasteiger partial charge in [-0.3, -0.25) is 14.4 Å². The zero-order valence-electron chi connectivity index (χ0n) is 19.5. The van der Waals surface area contributed by atoms with Crippen molar-refractivity contribution in [2.24, 2.45) is 0 Å². The van der Waals surface area contributed by atoms with Crippen LogP contribution in [0.2, 0.25) is 0 Å². The van der Waals surface area contributed by atoms with E-state index in [9.17, 15) is 13.2 Å². The first-order valence-corrected chi connectivity index (χ1v) is 13.5. The molecule has 0 aliphatic carbocycles. The van der Waals surface area contributed by atoms with Crippen LogP contribution in [0.15, 0.2) is 53.4 Å². The van der Waals surface area contributed by atoms with Gasteiger partial charge in [-0.1, -0.05) is 29.5 Å². The fourth-order valence-corrected chi connectivity index (χ4v) is 5.68. The van der Waals surface area contributed by atoms with Gasteiger partial charge >= 0.3 is 0 Å². The quantitative estimate of drug-likeness (QED) is 0.360. The lowest BCUT2D eigenvalue weighted by molar-refractivity contribution is 0.0982. The van der Waals surface area contributed by atoms with Gasteiger partial charge in [0.2, 0.25) is 0 Å². The zero-order chi connectivity index (χ0) is 24.5. The molecular weight excluding hydrogens is 472 g/mol. The Bertz CT molecular complexity index is 1460. The molecule has 2 aromatic heterocycles. The normalized spacial score (nSPS) is 11.6. The number of thiazole rings is 1. The predicted octanol–water partition coefficient (Wildman–Crippen LogP) is 4.26. The molecule has 34 heavy (non-hydrogen) atoms. The highest BCUT2D eigenvalue weighted by Gasteiger charge is 2.27. The van der Waals surface area contributed by atoms with E-state index in [0.717, 1.165) is 22.3 Å². The van der Waals surface area contributed by atoms with E-state index in [1.807, 2.05) is 49.7 Å². The first-order valence-electron chi connectivity index (χ1n) is 10.8.